The van der Waals surface area contributed by atoms with Crippen molar-refractivity contribution in [2.24, 2.45) is 5.41 Å². The third-order valence-electron chi connectivity index (χ3n) is 3.69. The maximum Gasteiger partial charge on any atom is 0.123 e. The van der Waals surface area contributed by atoms with Crippen molar-refractivity contribution in [3.05, 3.63) is 29.3 Å². The summed E-state index contributed by atoms with van der Waals surface area (Å²) < 4.78 is 11.4. The molecule has 0 saturated carbocycles. The van der Waals surface area contributed by atoms with Gasteiger partial charge in [0.15, 0.2) is 0 Å². The van der Waals surface area contributed by atoms with Gasteiger partial charge < -0.3 is 9.47 Å². The molecule has 0 amide bonds. The van der Waals surface area contributed by atoms with Crippen LogP contribution >= 0.6 is 15.9 Å². The number of alkyl halides is 1. The van der Waals surface area contributed by atoms with Crippen molar-refractivity contribution in [3.8, 4) is 11.8 Å². The second-order valence-electron chi connectivity index (χ2n) is 5.13. The van der Waals surface area contributed by atoms with Gasteiger partial charge in [0, 0.05) is 24.0 Å². The van der Waals surface area contributed by atoms with Crippen molar-refractivity contribution in [1.82, 2.24) is 0 Å². The molecule has 1 aliphatic heterocycles. The molecule has 0 bridgehead atoms. The van der Waals surface area contributed by atoms with E-state index in [1.54, 1.807) is 0 Å². The first-order chi connectivity index (χ1) is 9.19. The number of nitriles is 1. The van der Waals surface area contributed by atoms with Crippen LogP contribution in [0.2, 0.25) is 0 Å². The molecule has 0 aromatic heterocycles. The summed E-state index contributed by atoms with van der Waals surface area (Å²) in [7, 11) is 0. The van der Waals surface area contributed by atoms with Gasteiger partial charge in [-0.1, -0.05) is 22.0 Å². The zero-order valence-electron chi connectivity index (χ0n) is 11.1. The summed E-state index contributed by atoms with van der Waals surface area (Å²) in [6, 6.07) is 7.71. The monoisotopic (exact) mass is 323 g/mol. The number of rotatable bonds is 4. The molecular formula is C15H18BrNO2. The molecule has 102 valence electrons. The average molecular weight is 324 g/mol. The highest BCUT2D eigenvalue weighted by molar-refractivity contribution is 9.09. The van der Waals surface area contributed by atoms with E-state index in [-0.39, 0.29) is 5.41 Å². The molecule has 0 spiro atoms. The fraction of sp³-hybridized carbons (Fsp3) is 0.533. The minimum Gasteiger partial charge on any atom is -0.493 e. The van der Waals surface area contributed by atoms with Gasteiger partial charge in [-0.2, -0.15) is 5.26 Å². The summed E-state index contributed by atoms with van der Waals surface area (Å²) in [5.74, 6) is 0.811. The molecular weight excluding hydrogens is 306 g/mol. The van der Waals surface area contributed by atoms with Crippen LogP contribution in [0.15, 0.2) is 18.2 Å². The fourth-order valence-corrected chi connectivity index (χ4v) is 2.90. The number of hydrogen-bond acceptors (Lipinski definition) is 3. The maximum absolute atomic E-state index is 8.94. The Morgan fingerprint density at radius 2 is 2.16 bits per heavy atom. The van der Waals surface area contributed by atoms with Crippen molar-refractivity contribution in [2.45, 2.75) is 19.8 Å². The normalized spacial score (nSPS) is 17.7. The maximum atomic E-state index is 8.94. The number of halogens is 1. The Morgan fingerprint density at radius 3 is 2.79 bits per heavy atom. The molecule has 19 heavy (non-hydrogen) atoms. The zero-order chi connectivity index (χ0) is 13.7. The predicted octanol–water partition coefficient (Wildman–Crippen LogP) is 3.44. The van der Waals surface area contributed by atoms with E-state index in [0.29, 0.717) is 12.2 Å². The van der Waals surface area contributed by atoms with Crippen molar-refractivity contribution >= 4 is 15.9 Å². The molecule has 0 aliphatic carbocycles. The second-order valence-corrected chi connectivity index (χ2v) is 5.69. The summed E-state index contributed by atoms with van der Waals surface area (Å²) in [6.07, 6.45) is 2.02. The van der Waals surface area contributed by atoms with Gasteiger partial charge in [-0.15, -0.1) is 0 Å². The third-order valence-corrected chi connectivity index (χ3v) is 4.88. The third kappa shape index (κ3) is 3.49. The van der Waals surface area contributed by atoms with Crippen LogP contribution in [-0.2, 0) is 4.74 Å². The zero-order valence-corrected chi connectivity index (χ0v) is 12.7. The van der Waals surface area contributed by atoms with Crippen LogP contribution < -0.4 is 4.74 Å². The molecule has 3 nitrogen and oxygen atoms in total. The second kappa shape index (κ2) is 6.40. The Labute approximate surface area is 122 Å². The first-order valence-corrected chi connectivity index (χ1v) is 7.58. The van der Waals surface area contributed by atoms with Crippen LogP contribution in [0.1, 0.15) is 24.0 Å². The summed E-state index contributed by atoms with van der Waals surface area (Å²) in [5, 5.41) is 9.85. The summed E-state index contributed by atoms with van der Waals surface area (Å²) in [6.45, 7) is 4.26. The van der Waals surface area contributed by atoms with Crippen molar-refractivity contribution < 1.29 is 9.47 Å². The van der Waals surface area contributed by atoms with Crippen LogP contribution in [0.5, 0.6) is 5.75 Å². The molecule has 0 N–H and O–H groups in total. The number of hydrogen-bond donors (Lipinski definition) is 0. The van der Waals surface area contributed by atoms with E-state index in [2.05, 4.69) is 22.0 Å². The minimum atomic E-state index is 0.146. The molecule has 1 aromatic carbocycles. The van der Waals surface area contributed by atoms with E-state index < -0.39 is 0 Å². The van der Waals surface area contributed by atoms with E-state index in [1.165, 1.54) is 0 Å². The highest BCUT2D eigenvalue weighted by Gasteiger charge is 2.32. The Morgan fingerprint density at radius 1 is 1.42 bits per heavy atom. The van der Waals surface area contributed by atoms with Crippen LogP contribution in [0, 0.1) is 23.7 Å². The van der Waals surface area contributed by atoms with E-state index in [1.807, 2.05) is 25.1 Å². The Balaban J connectivity index is 2.07. The molecule has 4 heteroatoms. The van der Waals surface area contributed by atoms with Crippen molar-refractivity contribution in [3.63, 3.8) is 0 Å². The lowest BCUT2D eigenvalue weighted by molar-refractivity contribution is 0.00343. The number of aryl methyl sites for hydroxylation is 1. The fourth-order valence-electron chi connectivity index (χ4n) is 2.18. The standard InChI is InChI=1S/C15H18BrNO2/c1-12-2-3-13(9-17)8-14(12)19-11-15(10-16)4-6-18-7-5-15/h2-3,8H,4-7,10-11H2,1H3. The minimum absolute atomic E-state index is 0.146. The van der Waals surface area contributed by atoms with E-state index >= 15 is 0 Å². The van der Waals surface area contributed by atoms with Crippen molar-refractivity contribution in [1.29, 1.82) is 5.26 Å². The molecule has 2 rings (SSSR count). The SMILES string of the molecule is Cc1ccc(C#N)cc1OCC1(CBr)CCOCC1. The molecule has 1 heterocycles. The highest BCUT2D eigenvalue weighted by Crippen LogP contribution is 2.34. The molecule has 1 saturated heterocycles. The molecule has 0 radical (unpaired) electrons. The van der Waals surface area contributed by atoms with Gasteiger partial charge in [0.05, 0.1) is 18.2 Å². The van der Waals surface area contributed by atoms with Gasteiger partial charge in [-0.25, -0.2) is 0 Å². The average Bonchev–Trinajstić information content (AvgIpc) is 2.47. The lowest BCUT2D eigenvalue weighted by Gasteiger charge is -2.35. The van der Waals surface area contributed by atoms with Gasteiger partial charge in [0.2, 0.25) is 0 Å². The van der Waals surface area contributed by atoms with Gasteiger partial charge in [0.25, 0.3) is 0 Å². The van der Waals surface area contributed by atoms with Gasteiger partial charge >= 0.3 is 0 Å². The lowest BCUT2D eigenvalue weighted by atomic mass is 9.83. The van der Waals surface area contributed by atoms with Crippen molar-refractivity contribution in [2.75, 3.05) is 25.2 Å². The molecule has 1 aromatic rings. The molecule has 1 aliphatic rings. The number of ether oxygens (including phenoxy) is 2. The largest absolute Gasteiger partial charge is 0.493 e. The molecule has 0 unspecified atom stereocenters. The van der Waals surface area contributed by atoms with Crippen LogP contribution in [-0.4, -0.2) is 25.2 Å². The number of benzene rings is 1. The van der Waals surface area contributed by atoms with Crippen LogP contribution in [0.4, 0.5) is 0 Å². The van der Waals surface area contributed by atoms with E-state index in [4.69, 9.17) is 14.7 Å². The number of nitrogens with zero attached hydrogens (tertiary/aromatic N) is 1. The predicted molar refractivity (Wildman–Crippen MR) is 77.7 cm³/mol. The quantitative estimate of drug-likeness (QED) is 0.797. The summed E-state index contributed by atoms with van der Waals surface area (Å²) >= 11 is 3.60. The summed E-state index contributed by atoms with van der Waals surface area (Å²) in [4.78, 5) is 0. The van der Waals surface area contributed by atoms with Gasteiger partial charge in [-0.05, 0) is 37.5 Å². The molecule has 1 fully saturated rings. The first-order valence-electron chi connectivity index (χ1n) is 6.46. The first kappa shape index (κ1) is 14.4. The van der Waals surface area contributed by atoms with Gasteiger partial charge in [0.1, 0.15) is 5.75 Å². The Hall–Kier alpha value is -1.05. The Kier molecular flexibility index (Phi) is 4.84. The van der Waals surface area contributed by atoms with Gasteiger partial charge in [-0.3, -0.25) is 0 Å². The lowest BCUT2D eigenvalue weighted by Crippen LogP contribution is -2.36. The Bertz CT molecular complexity index is 476. The highest BCUT2D eigenvalue weighted by atomic mass is 79.9. The topological polar surface area (TPSA) is 42.2 Å². The van der Waals surface area contributed by atoms with Crippen LogP contribution in [0.25, 0.3) is 0 Å². The van der Waals surface area contributed by atoms with E-state index in [0.717, 1.165) is 42.7 Å². The smallest absolute Gasteiger partial charge is 0.123 e. The van der Waals surface area contributed by atoms with E-state index in [9.17, 15) is 0 Å². The molecule has 0 atom stereocenters. The van der Waals surface area contributed by atoms with Crippen LogP contribution in [0.3, 0.4) is 0 Å². The summed E-state index contributed by atoms with van der Waals surface area (Å²) in [5.41, 5.74) is 1.85.